The van der Waals surface area contributed by atoms with Crippen molar-refractivity contribution < 1.29 is 0 Å². The first-order valence-electron chi connectivity index (χ1n) is 16.3. The SMILES string of the molecule is c1ccc(-c2nc(-c3cccc(-n4c5ccccc5c5cc6c7ccccc7n(-c7ccccc7)c6cc54)c3)pc3ccccc23)cc1. The third-order valence-electron chi connectivity index (χ3n) is 9.49. The van der Waals surface area contributed by atoms with Gasteiger partial charge in [0.1, 0.15) is 0 Å². The van der Waals surface area contributed by atoms with Gasteiger partial charge in [-0.15, -0.1) is 0 Å². The van der Waals surface area contributed by atoms with Crippen molar-refractivity contribution in [2.75, 3.05) is 0 Å². The average Bonchev–Trinajstić information content (AvgIpc) is 3.66. The highest BCUT2D eigenvalue weighted by Gasteiger charge is 2.19. The zero-order chi connectivity index (χ0) is 31.6. The molecule has 10 aromatic rings. The number of rotatable bonds is 4. The lowest BCUT2D eigenvalue weighted by Crippen LogP contribution is -1.96. The fourth-order valence-electron chi connectivity index (χ4n) is 7.37. The van der Waals surface area contributed by atoms with Crippen LogP contribution in [0.1, 0.15) is 0 Å². The molecule has 0 aliphatic carbocycles. The summed E-state index contributed by atoms with van der Waals surface area (Å²) in [4.78, 5) is 5.33. The first-order chi connectivity index (χ1) is 23.8. The van der Waals surface area contributed by atoms with Crippen molar-refractivity contribution in [1.29, 1.82) is 0 Å². The normalized spacial score (nSPS) is 11.9. The number of hydrogen-bond acceptors (Lipinski definition) is 1. The summed E-state index contributed by atoms with van der Waals surface area (Å²) in [5, 5.41) is 7.50. The van der Waals surface area contributed by atoms with Gasteiger partial charge >= 0.3 is 0 Å². The van der Waals surface area contributed by atoms with E-state index in [0.29, 0.717) is 0 Å². The lowest BCUT2D eigenvalue weighted by Gasteiger charge is -2.13. The van der Waals surface area contributed by atoms with Crippen LogP contribution in [0.2, 0.25) is 0 Å². The van der Waals surface area contributed by atoms with Crippen LogP contribution in [0.5, 0.6) is 0 Å². The van der Waals surface area contributed by atoms with Crippen molar-refractivity contribution in [3.05, 3.63) is 170 Å². The molecule has 0 saturated heterocycles. The van der Waals surface area contributed by atoms with E-state index in [9.17, 15) is 0 Å². The molecule has 224 valence electrons. The number of hydrogen-bond donors (Lipinski definition) is 0. The largest absolute Gasteiger partial charge is 0.309 e. The van der Waals surface area contributed by atoms with E-state index in [1.165, 1.54) is 54.1 Å². The fourth-order valence-corrected chi connectivity index (χ4v) is 8.48. The van der Waals surface area contributed by atoms with E-state index < -0.39 is 0 Å². The van der Waals surface area contributed by atoms with Gasteiger partial charge in [0, 0.05) is 54.6 Å². The summed E-state index contributed by atoms with van der Waals surface area (Å²) in [6.45, 7) is 0. The molecule has 0 saturated carbocycles. The second-order valence-corrected chi connectivity index (χ2v) is 13.4. The highest BCUT2D eigenvalue weighted by atomic mass is 31.0. The first kappa shape index (κ1) is 27.1. The Morgan fingerprint density at radius 1 is 0.375 bits per heavy atom. The minimum atomic E-state index is 1.03. The van der Waals surface area contributed by atoms with Gasteiger partial charge < -0.3 is 9.13 Å². The molecule has 0 amide bonds. The molecule has 0 aliphatic rings. The molecule has 0 atom stereocenters. The van der Waals surface area contributed by atoms with Crippen molar-refractivity contribution in [2.45, 2.75) is 0 Å². The maximum atomic E-state index is 5.33. The summed E-state index contributed by atoms with van der Waals surface area (Å²) in [6, 6.07) is 61.1. The summed E-state index contributed by atoms with van der Waals surface area (Å²) in [5.74, 6) is 0. The molecule has 4 heteroatoms. The summed E-state index contributed by atoms with van der Waals surface area (Å²) >= 11 is 0. The molecule has 3 aromatic heterocycles. The van der Waals surface area contributed by atoms with Gasteiger partial charge in [-0.2, -0.15) is 0 Å². The van der Waals surface area contributed by atoms with Crippen molar-refractivity contribution in [3.8, 4) is 33.6 Å². The minimum absolute atomic E-state index is 1.03. The molecule has 48 heavy (non-hydrogen) atoms. The van der Waals surface area contributed by atoms with Crippen LogP contribution >= 0.6 is 8.19 Å². The molecule has 0 unspecified atom stereocenters. The van der Waals surface area contributed by atoms with Crippen molar-refractivity contribution >= 4 is 62.3 Å². The molecule has 7 aromatic carbocycles. The molecule has 0 N–H and O–H groups in total. The van der Waals surface area contributed by atoms with Crippen molar-refractivity contribution in [2.24, 2.45) is 0 Å². The molecule has 0 bridgehead atoms. The van der Waals surface area contributed by atoms with E-state index in [-0.39, 0.29) is 0 Å². The Kier molecular flexibility index (Phi) is 6.09. The quantitative estimate of drug-likeness (QED) is 0.190. The number of aromatic nitrogens is 3. The van der Waals surface area contributed by atoms with Gasteiger partial charge in [-0.3, -0.25) is 0 Å². The third kappa shape index (κ3) is 4.15. The van der Waals surface area contributed by atoms with E-state index >= 15 is 0 Å². The molecule has 3 nitrogen and oxygen atoms in total. The van der Waals surface area contributed by atoms with Crippen molar-refractivity contribution in [1.82, 2.24) is 14.1 Å². The molecule has 10 rings (SSSR count). The zero-order valence-corrected chi connectivity index (χ0v) is 26.8. The van der Waals surface area contributed by atoms with Crippen LogP contribution in [0.4, 0.5) is 0 Å². The Bertz CT molecular complexity index is 2830. The summed E-state index contributed by atoms with van der Waals surface area (Å²) in [6.07, 6.45) is 0. The van der Waals surface area contributed by atoms with Gasteiger partial charge in [-0.25, -0.2) is 4.98 Å². The van der Waals surface area contributed by atoms with E-state index in [2.05, 4.69) is 179 Å². The smallest absolute Gasteiger partial charge is 0.0983 e. The number of nitrogens with zero attached hydrogens (tertiary/aromatic N) is 3. The second-order valence-electron chi connectivity index (χ2n) is 12.3. The van der Waals surface area contributed by atoms with Crippen LogP contribution in [-0.2, 0) is 0 Å². The topological polar surface area (TPSA) is 22.8 Å². The first-order valence-corrected chi connectivity index (χ1v) is 17.2. The number of para-hydroxylation sites is 3. The monoisotopic (exact) mass is 629 g/mol. The van der Waals surface area contributed by atoms with Crippen LogP contribution in [0.15, 0.2) is 170 Å². The molecule has 0 spiro atoms. The molecular formula is C44H28N3P. The standard InChI is InChI=1S/C44H28N3P/c1-3-14-29(15-4-1)43-35-22-9-12-25-42(35)48-44(45-43)30-16-13-19-32(26-30)47-39-24-11-8-21-34(39)37-27-36-33-20-7-10-23-38(33)46(40(36)28-41(37)47)31-17-5-2-6-18-31/h1-28H. The Morgan fingerprint density at radius 3 is 1.62 bits per heavy atom. The lowest BCUT2D eigenvalue weighted by atomic mass is 10.1. The lowest BCUT2D eigenvalue weighted by molar-refractivity contribution is 1.16. The summed E-state index contributed by atoms with van der Waals surface area (Å²) in [5.41, 5.74) is 11.4. The Labute approximate surface area is 279 Å². The van der Waals surface area contributed by atoms with Crippen LogP contribution in [-0.4, -0.2) is 14.1 Å². The van der Waals surface area contributed by atoms with Gasteiger partial charge in [0.15, 0.2) is 0 Å². The third-order valence-corrected chi connectivity index (χ3v) is 10.7. The molecule has 0 aliphatic heterocycles. The van der Waals surface area contributed by atoms with Gasteiger partial charge in [0.05, 0.1) is 33.2 Å². The van der Waals surface area contributed by atoms with Gasteiger partial charge in [-0.05, 0) is 62.8 Å². The summed E-state index contributed by atoms with van der Waals surface area (Å²) in [7, 11) is 1.11. The number of fused-ring (bicyclic) bond motifs is 7. The second kappa shape index (κ2) is 10.8. The van der Waals surface area contributed by atoms with Crippen LogP contribution in [0, 0.1) is 0 Å². The predicted molar refractivity (Wildman–Crippen MR) is 204 cm³/mol. The fraction of sp³-hybridized carbons (Fsp3) is 0. The maximum Gasteiger partial charge on any atom is 0.0983 e. The molecular weight excluding hydrogens is 601 g/mol. The van der Waals surface area contributed by atoms with Crippen LogP contribution in [0.3, 0.4) is 0 Å². The molecule has 0 fully saturated rings. The maximum absolute atomic E-state index is 5.33. The van der Waals surface area contributed by atoms with Gasteiger partial charge in [0.25, 0.3) is 0 Å². The zero-order valence-electron chi connectivity index (χ0n) is 26.0. The van der Waals surface area contributed by atoms with E-state index in [0.717, 1.165) is 41.8 Å². The van der Waals surface area contributed by atoms with Gasteiger partial charge in [-0.1, -0.05) is 115 Å². The highest BCUT2D eigenvalue weighted by molar-refractivity contribution is 7.40. The average molecular weight is 630 g/mol. The minimum Gasteiger partial charge on any atom is -0.309 e. The Balaban J connectivity index is 1.24. The summed E-state index contributed by atoms with van der Waals surface area (Å²) < 4.78 is 4.83. The highest BCUT2D eigenvalue weighted by Crippen LogP contribution is 2.42. The van der Waals surface area contributed by atoms with E-state index in [1.54, 1.807) is 0 Å². The van der Waals surface area contributed by atoms with Crippen LogP contribution in [0.25, 0.3) is 87.7 Å². The Morgan fingerprint density at radius 2 is 0.917 bits per heavy atom. The van der Waals surface area contributed by atoms with E-state index in [4.69, 9.17) is 4.98 Å². The van der Waals surface area contributed by atoms with Gasteiger partial charge in [0.2, 0.25) is 0 Å². The number of benzene rings is 7. The Hall–Kier alpha value is -6.02. The van der Waals surface area contributed by atoms with Crippen LogP contribution < -0.4 is 0 Å². The van der Waals surface area contributed by atoms with E-state index in [1.807, 2.05) is 0 Å². The molecule has 3 heterocycles. The molecule has 0 radical (unpaired) electrons. The van der Waals surface area contributed by atoms with Crippen molar-refractivity contribution in [3.63, 3.8) is 0 Å². The predicted octanol–water partition coefficient (Wildman–Crippen LogP) is 12.3.